The minimum Gasteiger partial charge on any atom is -0.313 e. The first kappa shape index (κ1) is 14.9. The molecular weight excluding hydrogens is 250 g/mol. The Labute approximate surface area is 122 Å². The van der Waals surface area contributed by atoms with E-state index in [0.29, 0.717) is 0 Å². The van der Waals surface area contributed by atoms with Crippen molar-refractivity contribution in [2.45, 2.75) is 51.3 Å². The quantitative estimate of drug-likeness (QED) is 0.774. The van der Waals surface area contributed by atoms with E-state index in [2.05, 4.69) is 43.4 Å². The van der Waals surface area contributed by atoms with E-state index in [1.807, 2.05) is 11.8 Å². The highest BCUT2D eigenvalue weighted by molar-refractivity contribution is 7.98. The number of rotatable bonds is 6. The highest BCUT2D eigenvalue weighted by Crippen LogP contribution is 2.23. The number of thioether (sulfide) groups is 1. The molecule has 0 radical (unpaired) electrons. The largest absolute Gasteiger partial charge is 0.313 e. The Kier molecular flexibility index (Phi) is 6.25. The van der Waals surface area contributed by atoms with E-state index in [0.717, 1.165) is 24.3 Å². The number of benzene rings is 1. The molecule has 0 heterocycles. The van der Waals surface area contributed by atoms with Crippen LogP contribution in [0.3, 0.4) is 0 Å². The average Bonchev–Trinajstić information content (AvgIpc) is 2.40. The molecule has 19 heavy (non-hydrogen) atoms. The summed E-state index contributed by atoms with van der Waals surface area (Å²) in [5, 5.41) is 3.73. The Morgan fingerprint density at radius 2 is 2.11 bits per heavy atom. The molecular formula is C17H27NS. The van der Waals surface area contributed by atoms with Crippen molar-refractivity contribution in [2.75, 3.05) is 12.3 Å². The van der Waals surface area contributed by atoms with E-state index >= 15 is 0 Å². The molecule has 1 nitrogen and oxygen atoms in total. The number of aryl methyl sites for hydroxylation is 1. The summed E-state index contributed by atoms with van der Waals surface area (Å²) in [5.41, 5.74) is 2.91. The van der Waals surface area contributed by atoms with Crippen molar-refractivity contribution in [1.82, 2.24) is 5.32 Å². The minimum absolute atomic E-state index is 0.780. The maximum absolute atomic E-state index is 3.73. The zero-order valence-electron chi connectivity index (χ0n) is 12.3. The number of nitrogens with one attached hydrogen (secondary N) is 1. The van der Waals surface area contributed by atoms with E-state index in [1.165, 1.54) is 42.6 Å². The standard InChI is InChI=1S/C17H27NS/c1-14-6-5-9-17(12-14)18-10-11-19-13-16-8-4-3-7-15(16)2/h3-4,7-8,14,17-18H,5-6,9-13H2,1-2H3. The second kappa shape index (κ2) is 7.96. The van der Waals surface area contributed by atoms with Gasteiger partial charge in [-0.25, -0.2) is 0 Å². The normalized spacial score (nSPS) is 23.5. The average molecular weight is 277 g/mol. The first-order valence-corrected chi connectivity index (χ1v) is 8.77. The molecule has 0 aliphatic heterocycles. The van der Waals surface area contributed by atoms with Gasteiger partial charge in [0.25, 0.3) is 0 Å². The van der Waals surface area contributed by atoms with Gasteiger partial charge in [0.05, 0.1) is 0 Å². The SMILES string of the molecule is Cc1ccccc1CSCCNC1CCCC(C)C1. The second-order valence-electron chi connectivity index (χ2n) is 5.90. The summed E-state index contributed by atoms with van der Waals surface area (Å²) in [6, 6.07) is 9.50. The highest BCUT2D eigenvalue weighted by Gasteiger charge is 2.17. The lowest BCUT2D eigenvalue weighted by molar-refractivity contribution is 0.306. The lowest BCUT2D eigenvalue weighted by Gasteiger charge is -2.27. The molecule has 2 atom stereocenters. The third-order valence-corrected chi connectivity index (χ3v) is 5.14. The molecule has 0 aromatic heterocycles. The fourth-order valence-corrected chi connectivity index (χ4v) is 3.86. The Bertz CT molecular complexity index is 377. The molecule has 2 rings (SSSR count). The first-order valence-electron chi connectivity index (χ1n) is 7.61. The Morgan fingerprint density at radius 1 is 1.26 bits per heavy atom. The fourth-order valence-electron chi connectivity index (χ4n) is 2.91. The van der Waals surface area contributed by atoms with Gasteiger partial charge >= 0.3 is 0 Å². The molecule has 1 N–H and O–H groups in total. The van der Waals surface area contributed by atoms with E-state index < -0.39 is 0 Å². The van der Waals surface area contributed by atoms with Gasteiger partial charge in [-0.2, -0.15) is 11.8 Å². The number of hydrogen-bond acceptors (Lipinski definition) is 2. The van der Waals surface area contributed by atoms with Gasteiger partial charge in [-0.05, 0) is 36.8 Å². The third-order valence-electron chi connectivity index (χ3n) is 4.13. The van der Waals surface area contributed by atoms with Gasteiger partial charge in [-0.1, -0.05) is 44.0 Å². The molecule has 1 aliphatic carbocycles. The summed E-state index contributed by atoms with van der Waals surface area (Å²) in [4.78, 5) is 0. The fraction of sp³-hybridized carbons (Fsp3) is 0.647. The van der Waals surface area contributed by atoms with Crippen LogP contribution in [0.5, 0.6) is 0 Å². The van der Waals surface area contributed by atoms with Crippen LogP contribution in [0, 0.1) is 12.8 Å². The second-order valence-corrected chi connectivity index (χ2v) is 7.01. The molecule has 0 amide bonds. The van der Waals surface area contributed by atoms with Gasteiger partial charge in [0.2, 0.25) is 0 Å². The Hall–Kier alpha value is -0.470. The predicted octanol–water partition coefficient (Wildman–Crippen LogP) is 4.40. The van der Waals surface area contributed by atoms with Crippen molar-refractivity contribution in [3.05, 3.63) is 35.4 Å². The molecule has 2 heteroatoms. The number of hydrogen-bond donors (Lipinski definition) is 1. The van der Waals surface area contributed by atoms with E-state index in [9.17, 15) is 0 Å². The van der Waals surface area contributed by atoms with Crippen molar-refractivity contribution in [1.29, 1.82) is 0 Å². The van der Waals surface area contributed by atoms with Crippen LogP contribution in [0.1, 0.15) is 43.7 Å². The van der Waals surface area contributed by atoms with Crippen LogP contribution in [0.2, 0.25) is 0 Å². The van der Waals surface area contributed by atoms with Crippen molar-refractivity contribution in [2.24, 2.45) is 5.92 Å². The zero-order valence-corrected chi connectivity index (χ0v) is 13.1. The van der Waals surface area contributed by atoms with Gasteiger partial charge in [-0.3, -0.25) is 0 Å². The lowest BCUT2D eigenvalue weighted by atomic mass is 9.87. The summed E-state index contributed by atoms with van der Waals surface area (Å²) in [7, 11) is 0. The van der Waals surface area contributed by atoms with E-state index in [4.69, 9.17) is 0 Å². The molecule has 0 bridgehead atoms. The van der Waals surface area contributed by atoms with Gasteiger partial charge in [-0.15, -0.1) is 0 Å². The summed E-state index contributed by atoms with van der Waals surface area (Å²) in [6.07, 6.45) is 5.60. The van der Waals surface area contributed by atoms with Gasteiger partial charge < -0.3 is 5.32 Å². The highest BCUT2D eigenvalue weighted by atomic mass is 32.2. The van der Waals surface area contributed by atoms with Crippen molar-refractivity contribution in [3.63, 3.8) is 0 Å². The summed E-state index contributed by atoms with van der Waals surface area (Å²) < 4.78 is 0. The third kappa shape index (κ3) is 5.19. The van der Waals surface area contributed by atoms with Crippen molar-refractivity contribution in [3.8, 4) is 0 Å². The molecule has 1 saturated carbocycles. The van der Waals surface area contributed by atoms with Crippen LogP contribution < -0.4 is 5.32 Å². The molecule has 1 fully saturated rings. The lowest BCUT2D eigenvalue weighted by Crippen LogP contribution is -2.34. The van der Waals surface area contributed by atoms with E-state index in [-0.39, 0.29) is 0 Å². The predicted molar refractivity (Wildman–Crippen MR) is 86.8 cm³/mol. The molecule has 1 aliphatic rings. The topological polar surface area (TPSA) is 12.0 Å². The van der Waals surface area contributed by atoms with Crippen LogP contribution in [-0.4, -0.2) is 18.3 Å². The van der Waals surface area contributed by atoms with Crippen molar-refractivity contribution < 1.29 is 0 Å². The molecule has 1 aromatic rings. The monoisotopic (exact) mass is 277 g/mol. The van der Waals surface area contributed by atoms with Crippen LogP contribution in [0.25, 0.3) is 0 Å². The maximum Gasteiger partial charge on any atom is 0.0187 e. The summed E-state index contributed by atoms with van der Waals surface area (Å²) in [5.74, 6) is 3.29. The van der Waals surface area contributed by atoms with E-state index in [1.54, 1.807) is 0 Å². The Morgan fingerprint density at radius 3 is 2.89 bits per heavy atom. The Balaban J connectivity index is 1.58. The summed E-state index contributed by atoms with van der Waals surface area (Å²) >= 11 is 2.05. The minimum atomic E-state index is 0.780. The van der Waals surface area contributed by atoms with Gasteiger partial charge in [0.1, 0.15) is 0 Å². The summed E-state index contributed by atoms with van der Waals surface area (Å²) in [6.45, 7) is 5.76. The molecule has 0 saturated heterocycles. The first-order chi connectivity index (χ1) is 9.25. The van der Waals surface area contributed by atoms with Gasteiger partial charge in [0, 0.05) is 24.1 Å². The zero-order chi connectivity index (χ0) is 13.5. The van der Waals surface area contributed by atoms with Crippen LogP contribution in [0.15, 0.2) is 24.3 Å². The molecule has 1 aromatic carbocycles. The van der Waals surface area contributed by atoms with Crippen molar-refractivity contribution >= 4 is 11.8 Å². The maximum atomic E-state index is 3.73. The molecule has 106 valence electrons. The van der Waals surface area contributed by atoms with Crippen LogP contribution >= 0.6 is 11.8 Å². The van der Waals surface area contributed by atoms with Crippen LogP contribution in [0.4, 0.5) is 0 Å². The molecule has 0 spiro atoms. The molecule has 2 unspecified atom stereocenters. The van der Waals surface area contributed by atoms with Crippen LogP contribution in [-0.2, 0) is 5.75 Å². The van der Waals surface area contributed by atoms with Gasteiger partial charge in [0.15, 0.2) is 0 Å². The smallest absolute Gasteiger partial charge is 0.0187 e.